The average molecular weight is 364 g/mol. The van der Waals surface area contributed by atoms with Crippen molar-refractivity contribution in [3.05, 3.63) is 60.0 Å². The summed E-state index contributed by atoms with van der Waals surface area (Å²) in [5.74, 6) is 0.232. The van der Waals surface area contributed by atoms with Crippen LogP contribution in [0.3, 0.4) is 0 Å². The van der Waals surface area contributed by atoms with E-state index in [9.17, 15) is 10.2 Å². The number of H-pyrrole nitrogens is 1. The third-order valence-electron chi connectivity index (χ3n) is 4.07. The minimum absolute atomic E-state index is 0.190. The Morgan fingerprint density at radius 2 is 1.81 bits per heavy atom. The number of aromatic hydroxyl groups is 2. The SMILES string of the molecule is COc1cc(-c2nc(-c3ccccc3)c(-c3cccs3)[nH]2)cc(O)c1O. The molecule has 0 aliphatic heterocycles. The molecule has 0 aliphatic carbocycles. The first kappa shape index (κ1) is 16.2. The molecule has 2 aromatic heterocycles. The molecule has 0 bridgehead atoms. The quantitative estimate of drug-likeness (QED) is 0.450. The number of rotatable bonds is 4. The molecule has 0 saturated carbocycles. The molecule has 0 spiro atoms. The molecular formula is C20H16N2O3S. The number of methoxy groups -OCH3 is 1. The molecule has 130 valence electrons. The molecule has 0 unspecified atom stereocenters. The van der Waals surface area contributed by atoms with E-state index in [2.05, 4.69) is 4.98 Å². The van der Waals surface area contributed by atoms with E-state index in [0.717, 1.165) is 21.8 Å². The van der Waals surface area contributed by atoms with Crippen LogP contribution < -0.4 is 4.74 Å². The molecule has 0 atom stereocenters. The fourth-order valence-electron chi connectivity index (χ4n) is 2.80. The van der Waals surface area contributed by atoms with Crippen molar-refractivity contribution in [2.24, 2.45) is 0 Å². The molecule has 4 rings (SSSR count). The Hall–Kier alpha value is -3.25. The van der Waals surface area contributed by atoms with Gasteiger partial charge in [0.05, 0.1) is 23.4 Å². The van der Waals surface area contributed by atoms with Gasteiger partial charge in [0.2, 0.25) is 5.75 Å². The number of phenolic OH excluding ortho intramolecular Hbond substituents is 2. The lowest BCUT2D eigenvalue weighted by Gasteiger charge is -2.07. The van der Waals surface area contributed by atoms with Crippen LogP contribution in [0, 0.1) is 0 Å². The molecule has 26 heavy (non-hydrogen) atoms. The molecule has 0 saturated heterocycles. The highest BCUT2D eigenvalue weighted by molar-refractivity contribution is 7.13. The van der Waals surface area contributed by atoms with E-state index in [-0.39, 0.29) is 17.2 Å². The van der Waals surface area contributed by atoms with Gasteiger partial charge >= 0.3 is 0 Å². The van der Waals surface area contributed by atoms with E-state index in [4.69, 9.17) is 9.72 Å². The predicted octanol–water partition coefficient (Wildman–Crippen LogP) is 4.89. The van der Waals surface area contributed by atoms with E-state index in [1.807, 2.05) is 47.8 Å². The van der Waals surface area contributed by atoms with Crippen molar-refractivity contribution in [3.63, 3.8) is 0 Å². The predicted molar refractivity (Wildman–Crippen MR) is 103 cm³/mol. The maximum absolute atomic E-state index is 9.98. The smallest absolute Gasteiger partial charge is 0.200 e. The van der Waals surface area contributed by atoms with Gasteiger partial charge in [0.25, 0.3) is 0 Å². The molecule has 0 radical (unpaired) electrons. The first-order valence-corrected chi connectivity index (χ1v) is 8.85. The van der Waals surface area contributed by atoms with Gasteiger partial charge < -0.3 is 19.9 Å². The molecule has 2 aromatic carbocycles. The van der Waals surface area contributed by atoms with E-state index >= 15 is 0 Å². The molecule has 3 N–H and O–H groups in total. The molecule has 6 heteroatoms. The van der Waals surface area contributed by atoms with E-state index in [1.54, 1.807) is 17.4 Å². The Labute approximate surface area is 154 Å². The normalized spacial score (nSPS) is 10.8. The van der Waals surface area contributed by atoms with Gasteiger partial charge in [-0.05, 0) is 23.6 Å². The zero-order valence-electron chi connectivity index (χ0n) is 13.9. The summed E-state index contributed by atoms with van der Waals surface area (Å²) in [6.07, 6.45) is 0. The Morgan fingerprint density at radius 3 is 2.50 bits per heavy atom. The second-order valence-electron chi connectivity index (χ2n) is 5.70. The lowest BCUT2D eigenvalue weighted by atomic mass is 10.1. The summed E-state index contributed by atoms with van der Waals surface area (Å²) >= 11 is 1.62. The van der Waals surface area contributed by atoms with Gasteiger partial charge in [-0.1, -0.05) is 36.4 Å². The summed E-state index contributed by atoms with van der Waals surface area (Å²) in [4.78, 5) is 9.17. The zero-order valence-corrected chi connectivity index (χ0v) is 14.7. The highest BCUT2D eigenvalue weighted by Crippen LogP contribution is 2.41. The topological polar surface area (TPSA) is 78.4 Å². The maximum atomic E-state index is 9.98. The number of imidazole rings is 1. The molecule has 2 heterocycles. The number of aromatic nitrogens is 2. The summed E-state index contributed by atoms with van der Waals surface area (Å²) in [5.41, 5.74) is 3.35. The molecule has 0 amide bonds. The van der Waals surface area contributed by atoms with Gasteiger partial charge in [-0.25, -0.2) is 4.98 Å². The van der Waals surface area contributed by atoms with Crippen molar-refractivity contribution in [1.82, 2.24) is 9.97 Å². The van der Waals surface area contributed by atoms with Crippen molar-refractivity contribution >= 4 is 11.3 Å². The van der Waals surface area contributed by atoms with Gasteiger partial charge in [0.1, 0.15) is 5.82 Å². The largest absolute Gasteiger partial charge is 0.504 e. The average Bonchev–Trinajstić information content (AvgIpc) is 3.34. The third kappa shape index (κ3) is 2.80. The van der Waals surface area contributed by atoms with E-state index in [1.165, 1.54) is 13.2 Å². The first-order valence-electron chi connectivity index (χ1n) is 7.97. The van der Waals surface area contributed by atoms with Crippen LogP contribution in [-0.2, 0) is 0 Å². The fraction of sp³-hybridized carbons (Fsp3) is 0.0500. The van der Waals surface area contributed by atoms with Gasteiger partial charge in [-0.3, -0.25) is 0 Å². The van der Waals surface area contributed by atoms with Crippen LogP contribution in [0.5, 0.6) is 17.2 Å². The lowest BCUT2D eigenvalue weighted by Crippen LogP contribution is -1.87. The van der Waals surface area contributed by atoms with E-state index < -0.39 is 0 Å². The molecule has 0 aliphatic rings. The fourth-order valence-corrected chi connectivity index (χ4v) is 3.53. The van der Waals surface area contributed by atoms with Crippen LogP contribution in [0.15, 0.2) is 60.0 Å². The Balaban J connectivity index is 1.91. The van der Waals surface area contributed by atoms with Crippen LogP contribution in [0.2, 0.25) is 0 Å². The molecule has 4 aromatic rings. The number of benzene rings is 2. The van der Waals surface area contributed by atoms with Crippen LogP contribution in [0.25, 0.3) is 33.2 Å². The minimum Gasteiger partial charge on any atom is -0.504 e. The van der Waals surface area contributed by atoms with Crippen molar-refractivity contribution < 1.29 is 14.9 Å². The van der Waals surface area contributed by atoms with Gasteiger partial charge in [-0.2, -0.15) is 0 Å². The third-order valence-corrected chi connectivity index (χ3v) is 4.95. The highest BCUT2D eigenvalue weighted by Gasteiger charge is 2.18. The van der Waals surface area contributed by atoms with Crippen molar-refractivity contribution in [2.75, 3.05) is 7.11 Å². The van der Waals surface area contributed by atoms with Crippen molar-refractivity contribution in [3.8, 4) is 50.5 Å². The number of ether oxygens (including phenoxy) is 1. The summed E-state index contributed by atoms with van der Waals surface area (Å²) < 4.78 is 5.13. The summed E-state index contributed by atoms with van der Waals surface area (Å²) in [6, 6.07) is 17.0. The summed E-state index contributed by atoms with van der Waals surface area (Å²) in [6.45, 7) is 0. The number of nitrogens with one attached hydrogen (secondary N) is 1. The maximum Gasteiger partial charge on any atom is 0.200 e. The first-order chi connectivity index (χ1) is 12.7. The van der Waals surface area contributed by atoms with Crippen LogP contribution >= 0.6 is 11.3 Å². The summed E-state index contributed by atoms with van der Waals surface area (Å²) in [5, 5.41) is 21.8. The lowest BCUT2D eigenvalue weighted by molar-refractivity contribution is 0.351. The second-order valence-corrected chi connectivity index (χ2v) is 6.65. The van der Waals surface area contributed by atoms with Gasteiger partial charge in [0.15, 0.2) is 11.5 Å². The Morgan fingerprint density at radius 1 is 1.00 bits per heavy atom. The number of thiophene rings is 1. The minimum atomic E-state index is -0.287. The molecular weight excluding hydrogens is 348 g/mol. The number of nitrogens with zero attached hydrogens (tertiary/aromatic N) is 1. The van der Waals surface area contributed by atoms with Crippen LogP contribution in [0.1, 0.15) is 0 Å². The number of aromatic amines is 1. The van der Waals surface area contributed by atoms with Crippen molar-refractivity contribution in [1.29, 1.82) is 0 Å². The molecule has 5 nitrogen and oxygen atoms in total. The molecule has 0 fully saturated rings. The Bertz CT molecular complexity index is 1040. The number of hydrogen-bond acceptors (Lipinski definition) is 5. The monoisotopic (exact) mass is 364 g/mol. The van der Waals surface area contributed by atoms with Gasteiger partial charge in [-0.15, -0.1) is 11.3 Å². The van der Waals surface area contributed by atoms with Gasteiger partial charge in [0, 0.05) is 11.1 Å². The number of phenols is 2. The highest BCUT2D eigenvalue weighted by atomic mass is 32.1. The second kappa shape index (κ2) is 6.57. The number of hydrogen-bond donors (Lipinski definition) is 3. The standard InChI is InChI=1S/C20H16N2O3S/c1-25-15-11-13(10-14(23)19(15)24)20-21-17(12-6-3-2-4-7-12)18(22-20)16-8-5-9-26-16/h2-11,23-24H,1H3,(H,21,22). The van der Waals surface area contributed by atoms with Crippen LogP contribution in [-0.4, -0.2) is 27.3 Å². The Kier molecular flexibility index (Phi) is 4.10. The zero-order chi connectivity index (χ0) is 18.1. The van der Waals surface area contributed by atoms with Crippen LogP contribution in [0.4, 0.5) is 0 Å². The van der Waals surface area contributed by atoms with E-state index in [0.29, 0.717) is 11.4 Å². The summed E-state index contributed by atoms with van der Waals surface area (Å²) in [7, 11) is 1.44. The van der Waals surface area contributed by atoms with Crippen molar-refractivity contribution in [2.45, 2.75) is 0 Å².